The van der Waals surface area contributed by atoms with E-state index >= 15 is 0 Å². The Balaban J connectivity index is 2.51. The largest absolute Gasteiger partial charge is 0.497 e. The number of alkyl halides is 3. The zero-order chi connectivity index (χ0) is 14.2. The number of hydrogen-bond acceptors (Lipinski definition) is 3. The van der Waals surface area contributed by atoms with Crippen LogP contribution in [0.15, 0.2) is 23.8 Å². The van der Waals surface area contributed by atoms with Crippen LogP contribution in [0.1, 0.15) is 5.56 Å². The predicted octanol–water partition coefficient (Wildman–Crippen LogP) is 2.49. The maximum atomic E-state index is 12.8. The van der Waals surface area contributed by atoms with Crippen LogP contribution in [0.25, 0.3) is 6.08 Å². The van der Waals surface area contributed by atoms with E-state index in [9.17, 15) is 18.0 Å². The number of benzene rings is 1. The molecule has 2 rings (SSSR count). The average molecular weight is 274 g/mol. The third-order valence-corrected chi connectivity index (χ3v) is 2.60. The summed E-state index contributed by atoms with van der Waals surface area (Å²) in [6.45, 7) is 0. The molecule has 19 heavy (non-hydrogen) atoms. The number of rotatable bonds is 2. The molecule has 1 atom stereocenters. The summed E-state index contributed by atoms with van der Waals surface area (Å²) < 4.78 is 47.9. The summed E-state index contributed by atoms with van der Waals surface area (Å²) in [5, 5.41) is 8.83. The number of halogens is 3. The molecule has 1 aromatic carbocycles. The first-order valence-electron chi connectivity index (χ1n) is 5.19. The minimum atomic E-state index is -4.80. The molecule has 1 aliphatic rings. The molecule has 1 N–H and O–H groups in total. The highest BCUT2D eigenvalue weighted by atomic mass is 19.4. The van der Waals surface area contributed by atoms with E-state index in [-0.39, 0.29) is 11.3 Å². The van der Waals surface area contributed by atoms with E-state index in [2.05, 4.69) is 0 Å². The maximum Gasteiger partial charge on any atom is 0.430 e. The number of methoxy groups -OCH3 is 1. The lowest BCUT2D eigenvalue weighted by molar-refractivity contribution is -0.187. The Kier molecular flexibility index (Phi) is 3.13. The van der Waals surface area contributed by atoms with Crippen molar-refractivity contribution in [3.05, 3.63) is 29.3 Å². The van der Waals surface area contributed by atoms with Gasteiger partial charge in [0.25, 0.3) is 0 Å². The average Bonchev–Trinajstić information content (AvgIpc) is 2.35. The van der Waals surface area contributed by atoms with Crippen LogP contribution in [0, 0.1) is 0 Å². The fourth-order valence-electron chi connectivity index (χ4n) is 1.71. The molecule has 0 aliphatic carbocycles. The molecule has 1 heterocycles. The second-order valence-corrected chi connectivity index (χ2v) is 3.85. The van der Waals surface area contributed by atoms with Gasteiger partial charge in [0.1, 0.15) is 11.5 Å². The van der Waals surface area contributed by atoms with Gasteiger partial charge in [0.05, 0.1) is 12.7 Å². The molecule has 4 nitrogen and oxygen atoms in total. The Labute approximate surface area is 106 Å². The van der Waals surface area contributed by atoms with Crippen molar-refractivity contribution in [1.29, 1.82) is 0 Å². The number of ether oxygens (including phenoxy) is 2. The van der Waals surface area contributed by atoms with Crippen molar-refractivity contribution in [1.82, 2.24) is 0 Å². The van der Waals surface area contributed by atoms with Crippen molar-refractivity contribution in [3.8, 4) is 11.5 Å². The molecule has 0 saturated heterocycles. The summed E-state index contributed by atoms with van der Waals surface area (Å²) in [4.78, 5) is 10.9. The molecular formula is C12H9F3O4. The molecule has 102 valence electrons. The highest BCUT2D eigenvalue weighted by Gasteiger charge is 2.48. The fourth-order valence-corrected chi connectivity index (χ4v) is 1.71. The number of carbonyl (C=O) groups is 1. The summed E-state index contributed by atoms with van der Waals surface area (Å²) in [5.74, 6) is -1.40. The van der Waals surface area contributed by atoms with Crippen LogP contribution in [0.3, 0.4) is 0 Å². The van der Waals surface area contributed by atoms with E-state index in [1.807, 2.05) is 0 Å². The lowest BCUT2D eigenvalue weighted by atomic mass is 10.0. The van der Waals surface area contributed by atoms with Gasteiger partial charge in [0.15, 0.2) is 0 Å². The molecule has 0 fully saturated rings. The Bertz CT molecular complexity index is 548. The normalized spacial score (nSPS) is 18.1. The molecule has 0 spiro atoms. The zero-order valence-electron chi connectivity index (χ0n) is 9.69. The molecule has 7 heteroatoms. The van der Waals surface area contributed by atoms with Crippen molar-refractivity contribution in [2.45, 2.75) is 12.3 Å². The van der Waals surface area contributed by atoms with E-state index in [0.29, 0.717) is 5.75 Å². The van der Waals surface area contributed by atoms with Crippen LogP contribution in [-0.4, -0.2) is 30.5 Å². The summed E-state index contributed by atoms with van der Waals surface area (Å²) in [6.07, 6.45) is -6.33. The molecule has 0 amide bonds. The maximum absolute atomic E-state index is 12.8. The van der Waals surface area contributed by atoms with Gasteiger partial charge in [-0.2, -0.15) is 13.2 Å². The standard InChI is InChI=1S/C12H9F3O4/c1-18-7-3-2-6-4-8(11(16)17)10(12(13,14)15)19-9(6)5-7/h2-5,10H,1H3,(H,16,17). The van der Waals surface area contributed by atoms with Crippen molar-refractivity contribution < 1.29 is 32.5 Å². The van der Waals surface area contributed by atoms with Crippen LogP contribution in [0.2, 0.25) is 0 Å². The summed E-state index contributed by atoms with van der Waals surface area (Å²) >= 11 is 0. The van der Waals surface area contributed by atoms with E-state index in [1.54, 1.807) is 0 Å². The number of hydrogen-bond donors (Lipinski definition) is 1. The smallest absolute Gasteiger partial charge is 0.430 e. The number of fused-ring (bicyclic) bond motifs is 1. The van der Waals surface area contributed by atoms with Gasteiger partial charge in [-0.05, 0) is 18.2 Å². The lowest BCUT2D eigenvalue weighted by Crippen LogP contribution is -2.40. The van der Waals surface area contributed by atoms with E-state index < -0.39 is 23.8 Å². The zero-order valence-corrected chi connectivity index (χ0v) is 9.69. The summed E-state index contributed by atoms with van der Waals surface area (Å²) in [7, 11) is 1.37. The summed E-state index contributed by atoms with van der Waals surface area (Å²) in [5.41, 5.74) is -0.580. The number of carboxylic acids is 1. The van der Waals surface area contributed by atoms with Crippen LogP contribution in [-0.2, 0) is 4.79 Å². The van der Waals surface area contributed by atoms with E-state index in [0.717, 1.165) is 6.08 Å². The van der Waals surface area contributed by atoms with Crippen molar-refractivity contribution in [3.63, 3.8) is 0 Å². The number of carboxylic acid groups (broad SMARTS) is 1. The molecule has 1 aliphatic heterocycles. The third kappa shape index (κ3) is 2.49. The second-order valence-electron chi connectivity index (χ2n) is 3.85. The van der Waals surface area contributed by atoms with Crippen molar-refractivity contribution >= 4 is 12.0 Å². The van der Waals surface area contributed by atoms with Crippen molar-refractivity contribution in [2.75, 3.05) is 7.11 Å². The Morgan fingerprint density at radius 3 is 2.63 bits per heavy atom. The second kappa shape index (κ2) is 4.49. The van der Waals surface area contributed by atoms with Crippen molar-refractivity contribution in [2.24, 2.45) is 0 Å². The molecule has 0 radical (unpaired) electrons. The molecule has 0 saturated carbocycles. The third-order valence-electron chi connectivity index (χ3n) is 2.60. The van der Waals surface area contributed by atoms with Gasteiger partial charge in [0, 0.05) is 11.6 Å². The Morgan fingerprint density at radius 2 is 2.11 bits per heavy atom. The minimum absolute atomic E-state index is 0.0633. The Morgan fingerprint density at radius 1 is 1.42 bits per heavy atom. The molecule has 1 unspecified atom stereocenters. The quantitative estimate of drug-likeness (QED) is 0.900. The van der Waals surface area contributed by atoms with Gasteiger partial charge in [-0.3, -0.25) is 0 Å². The van der Waals surface area contributed by atoms with Gasteiger partial charge >= 0.3 is 12.1 Å². The van der Waals surface area contributed by atoms with E-state index in [1.165, 1.54) is 25.3 Å². The van der Waals surface area contributed by atoms with Gasteiger partial charge in [-0.1, -0.05) is 0 Å². The van der Waals surface area contributed by atoms with Gasteiger partial charge in [0.2, 0.25) is 6.10 Å². The van der Waals surface area contributed by atoms with Gasteiger partial charge < -0.3 is 14.6 Å². The highest BCUT2D eigenvalue weighted by molar-refractivity contribution is 5.95. The lowest BCUT2D eigenvalue weighted by Gasteiger charge is -2.27. The van der Waals surface area contributed by atoms with Crippen LogP contribution < -0.4 is 9.47 Å². The van der Waals surface area contributed by atoms with Gasteiger partial charge in [-0.25, -0.2) is 4.79 Å². The molecular weight excluding hydrogens is 265 g/mol. The SMILES string of the molecule is COc1ccc2c(c1)OC(C(F)(F)F)C(C(=O)O)=C2. The highest BCUT2D eigenvalue weighted by Crippen LogP contribution is 2.38. The summed E-state index contributed by atoms with van der Waals surface area (Å²) in [6, 6.07) is 4.22. The minimum Gasteiger partial charge on any atom is -0.497 e. The first-order valence-corrected chi connectivity index (χ1v) is 5.19. The first kappa shape index (κ1) is 13.3. The van der Waals surface area contributed by atoms with E-state index in [4.69, 9.17) is 14.6 Å². The predicted molar refractivity (Wildman–Crippen MR) is 59.1 cm³/mol. The molecule has 1 aromatic rings. The number of aliphatic carboxylic acids is 1. The fraction of sp³-hybridized carbons (Fsp3) is 0.250. The van der Waals surface area contributed by atoms with Crippen LogP contribution in [0.5, 0.6) is 11.5 Å². The first-order chi connectivity index (χ1) is 8.82. The van der Waals surface area contributed by atoms with Crippen LogP contribution >= 0.6 is 0 Å². The molecule has 0 aromatic heterocycles. The monoisotopic (exact) mass is 274 g/mol. The topological polar surface area (TPSA) is 55.8 Å². The van der Waals surface area contributed by atoms with Gasteiger partial charge in [-0.15, -0.1) is 0 Å². The Hall–Kier alpha value is -2.18. The van der Waals surface area contributed by atoms with Crippen LogP contribution in [0.4, 0.5) is 13.2 Å². The molecule has 0 bridgehead atoms.